The molecule has 0 aromatic heterocycles. The normalized spacial score (nSPS) is 25.3. The van der Waals surface area contributed by atoms with Gasteiger partial charge < -0.3 is 9.64 Å². The average molecular weight is 217 g/mol. The van der Waals surface area contributed by atoms with Gasteiger partial charge in [-0.3, -0.25) is 0 Å². The van der Waals surface area contributed by atoms with Gasteiger partial charge in [-0.2, -0.15) is 12.6 Å². The standard InChI is InChI=1S/C11H23NOS/c1-10(9-14)6-12(2)7-11-4-3-5-13-8-11/h10-11,14H,3-9H2,1-2H3. The molecule has 0 spiro atoms. The van der Waals surface area contributed by atoms with Crippen molar-refractivity contribution in [2.45, 2.75) is 19.8 Å². The van der Waals surface area contributed by atoms with E-state index in [0.29, 0.717) is 5.92 Å². The molecule has 0 aromatic rings. The summed E-state index contributed by atoms with van der Waals surface area (Å²) in [6.45, 7) is 6.51. The molecule has 1 saturated heterocycles. The Kier molecular flexibility index (Phi) is 5.90. The summed E-state index contributed by atoms with van der Waals surface area (Å²) in [6.07, 6.45) is 2.57. The third-order valence-electron chi connectivity index (χ3n) is 2.76. The molecule has 0 aliphatic carbocycles. The lowest BCUT2D eigenvalue weighted by Gasteiger charge is -2.28. The van der Waals surface area contributed by atoms with E-state index >= 15 is 0 Å². The van der Waals surface area contributed by atoms with Crippen LogP contribution in [-0.4, -0.2) is 44.0 Å². The van der Waals surface area contributed by atoms with Gasteiger partial charge in [-0.05, 0) is 37.5 Å². The Morgan fingerprint density at radius 3 is 2.93 bits per heavy atom. The van der Waals surface area contributed by atoms with Gasteiger partial charge in [-0.1, -0.05) is 6.92 Å². The van der Waals surface area contributed by atoms with Crippen LogP contribution in [0.3, 0.4) is 0 Å². The molecule has 0 N–H and O–H groups in total. The fourth-order valence-corrected chi connectivity index (χ4v) is 2.17. The Hall–Kier alpha value is 0.270. The van der Waals surface area contributed by atoms with Gasteiger partial charge in [0.15, 0.2) is 0 Å². The first-order chi connectivity index (χ1) is 6.72. The first kappa shape index (κ1) is 12.3. The minimum absolute atomic E-state index is 0.688. The van der Waals surface area contributed by atoms with E-state index in [1.807, 2.05) is 0 Å². The summed E-state index contributed by atoms with van der Waals surface area (Å²) < 4.78 is 5.47. The quantitative estimate of drug-likeness (QED) is 0.706. The lowest BCUT2D eigenvalue weighted by atomic mass is 10.0. The molecule has 3 heteroatoms. The molecular formula is C11H23NOS. The molecule has 1 aliphatic rings. The zero-order valence-electron chi connectivity index (χ0n) is 9.41. The smallest absolute Gasteiger partial charge is 0.0506 e. The topological polar surface area (TPSA) is 12.5 Å². The Balaban J connectivity index is 2.14. The van der Waals surface area contributed by atoms with E-state index in [1.165, 1.54) is 19.4 Å². The molecule has 14 heavy (non-hydrogen) atoms. The number of hydrogen-bond donors (Lipinski definition) is 1. The van der Waals surface area contributed by atoms with Gasteiger partial charge in [0.2, 0.25) is 0 Å². The summed E-state index contributed by atoms with van der Waals surface area (Å²) in [5.74, 6) is 2.42. The van der Waals surface area contributed by atoms with Gasteiger partial charge in [-0.25, -0.2) is 0 Å². The Bertz CT molecular complexity index is 148. The SMILES string of the molecule is CC(CS)CN(C)CC1CCCOC1. The molecule has 2 nitrogen and oxygen atoms in total. The zero-order chi connectivity index (χ0) is 10.4. The fraction of sp³-hybridized carbons (Fsp3) is 1.00. The predicted molar refractivity (Wildman–Crippen MR) is 64.1 cm³/mol. The third-order valence-corrected chi connectivity index (χ3v) is 3.38. The van der Waals surface area contributed by atoms with Crippen molar-refractivity contribution in [3.05, 3.63) is 0 Å². The first-order valence-corrected chi connectivity index (χ1v) is 6.22. The lowest BCUT2D eigenvalue weighted by Crippen LogP contribution is -2.33. The van der Waals surface area contributed by atoms with E-state index in [1.54, 1.807) is 0 Å². The Morgan fingerprint density at radius 1 is 1.57 bits per heavy atom. The molecule has 1 aliphatic heterocycles. The molecule has 0 aromatic carbocycles. The Labute approximate surface area is 93.4 Å². The second-order valence-corrected chi connectivity index (χ2v) is 4.96. The van der Waals surface area contributed by atoms with Crippen LogP contribution >= 0.6 is 12.6 Å². The molecule has 84 valence electrons. The number of hydrogen-bond acceptors (Lipinski definition) is 3. The van der Waals surface area contributed by atoms with Crippen LogP contribution in [0, 0.1) is 11.8 Å². The first-order valence-electron chi connectivity index (χ1n) is 5.59. The van der Waals surface area contributed by atoms with Crippen molar-refractivity contribution < 1.29 is 4.74 Å². The molecular weight excluding hydrogens is 194 g/mol. The highest BCUT2D eigenvalue weighted by atomic mass is 32.1. The summed E-state index contributed by atoms with van der Waals surface area (Å²) in [6, 6.07) is 0. The maximum atomic E-state index is 5.47. The average Bonchev–Trinajstić information content (AvgIpc) is 2.19. The lowest BCUT2D eigenvalue weighted by molar-refractivity contribution is 0.0408. The van der Waals surface area contributed by atoms with E-state index < -0.39 is 0 Å². The van der Waals surface area contributed by atoms with Crippen LogP contribution in [-0.2, 0) is 4.74 Å². The molecule has 1 fully saturated rings. The second kappa shape index (κ2) is 6.70. The predicted octanol–water partition coefficient (Wildman–Crippen LogP) is 1.91. The fourth-order valence-electron chi connectivity index (χ4n) is 2.06. The zero-order valence-corrected chi connectivity index (χ0v) is 10.3. The molecule has 2 unspecified atom stereocenters. The number of thiol groups is 1. The highest BCUT2D eigenvalue weighted by molar-refractivity contribution is 7.80. The summed E-state index contributed by atoms with van der Waals surface area (Å²) in [5, 5.41) is 0. The van der Waals surface area contributed by atoms with Crippen molar-refractivity contribution >= 4 is 12.6 Å². The van der Waals surface area contributed by atoms with Gasteiger partial charge in [0.05, 0.1) is 6.61 Å². The van der Waals surface area contributed by atoms with Crippen LogP contribution in [0.2, 0.25) is 0 Å². The van der Waals surface area contributed by atoms with Crippen LogP contribution in [0.1, 0.15) is 19.8 Å². The van der Waals surface area contributed by atoms with Crippen LogP contribution < -0.4 is 0 Å². The summed E-state index contributed by atoms with van der Waals surface area (Å²) >= 11 is 4.30. The van der Waals surface area contributed by atoms with E-state index in [-0.39, 0.29) is 0 Å². The largest absolute Gasteiger partial charge is 0.381 e. The monoisotopic (exact) mass is 217 g/mol. The summed E-state index contributed by atoms with van der Waals surface area (Å²) in [7, 11) is 2.20. The number of ether oxygens (including phenoxy) is 1. The molecule has 0 bridgehead atoms. The highest BCUT2D eigenvalue weighted by Crippen LogP contribution is 2.14. The van der Waals surface area contributed by atoms with E-state index in [2.05, 4.69) is 31.5 Å². The van der Waals surface area contributed by atoms with Crippen LogP contribution in [0.4, 0.5) is 0 Å². The van der Waals surface area contributed by atoms with Gasteiger partial charge in [0.1, 0.15) is 0 Å². The van der Waals surface area contributed by atoms with Crippen LogP contribution in [0.15, 0.2) is 0 Å². The van der Waals surface area contributed by atoms with Crippen molar-refractivity contribution in [3.8, 4) is 0 Å². The summed E-state index contributed by atoms with van der Waals surface area (Å²) in [5.41, 5.74) is 0. The van der Waals surface area contributed by atoms with Gasteiger partial charge >= 0.3 is 0 Å². The number of nitrogens with zero attached hydrogens (tertiary/aromatic N) is 1. The molecule has 1 heterocycles. The Morgan fingerprint density at radius 2 is 2.36 bits per heavy atom. The minimum Gasteiger partial charge on any atom is -0.381 e. The summed E-state index contributed by atoms with van der Waals surface area (Å²) in [4.78, 5) is 2.42. The van der Waals surface area contributed by atoms with E-state index in [0.717, 1.165) is 31.4 Å². The van der Waals surface area contributed by atoms with Crippen molar-refractivity contribution in [3.63, 3.8) is 0 Å². The van der Waals surface area contributed by atoms with Crippen LogP contribution in [0.5, 0.6) is 0 Å². The molecule has 0 amide bonds. The maximum absolute atomic E-state index is 5.47. The van der Waals surface area contributed by atoms with Gasteiger partial charge in [0.25, 0.3) is 0 Å². The van der Waals surface area contributed by atoms with Crippen molar-refractivity contribution in [1.29, 1.82) is 0 Å². The maximum Gasteiger partial charge on any atom is 0.0506 e. The van der Waals surface area contributed by atoms with E-state index in [4.69, 9.17) is 4.74 Å². The van der Waals surface area contributed by atoms with Gasteiger partial charge in [-0.15, -0.1) is 0 Å². The van der Waals surface area contributed by atoms with Gasteiger partial charge in [0, 0.05) is 19.7 Å². The van der Waals surface area contributed by atoms with Crippen molar-refractivity contribution in [2.75, 3.05) is 39.1 Å². The van der Waals surface area contributed by atoms with E-state index in [9.17, 15) is 0 Å². The van der Waals surface area contributed by atoms with Crippen molar-refractivity contribution in [1.82, 2.24) is 4.90 Å². The third kappa shape index (κ3) is 4.67. The highest BCUT2D eigenvalue weighted by Gasteiger charge is 2.16. The molecule has 0 saturated carbocycles. The minimum atomic E-state index is 0.688. The molecule has 0 radical (unpaired) electrons. The van der Waals surface area contributed by atoms with Crippen molar-refractivity contribution in [2.24, 2.45) is 11.8 Å². The number of rotatable bonds is 5. The van der Waals surface area contributed by atoms with Crippen LogP contribution in [0.25, 0.3) is 0 Å². The second-order valence-electron chi connectivity index (χ2n) is 4.59. The molecule has 2 atom stereocenters. The molecule has 1 rings (SSSR count).